The summed E-state index contributed by atoms with van der Waals surface area (Å²) in [6.45, 7) is 4.02. The Morgan fingerprint density at radius 3 is 2.72 bits per heavy atom. The predicted molar refractivity (Wildman–Crippen MR) is 124 cm³/mol. The third kappa shape index (κ3) is 3.94. The molecule has 0 radical (unpaired) electrons. The lowest BCUT2D eigenvalue weighted by Gasteiger charge is -2.12. The molecule has 0 unspecified atom stereocenters. The minimum Gasteiger partial charge on any atom is -0.316 e. The largest absolute Gasteiger partial charge is 0.316 e. The average molecular weight is 456 g/mol. The highest BCUT2D eigenvalue weighted by Gasteiger charge is 2.15. The van der Waals surface area contributed by atoms with E-state index in [1.165, 1.54) is 11.8 Å². The van der Waals surface area contributed by atoms with Crippen molar-refractivity contribution in [3.63, 3.8) is 0 Å². The molecule has 0 saturated carbocycles. The number of allylic oxidation sites excluding steroid dienone is 1. The number of thiazole rings is 1. The summed E-state index contributed by atoms with van der Waals surface area (Å²) in [5.74, 6) is 0. The van der Waals surface area contributed by atoms with E-state index < -0.39 is 0 Å². The van der Waals surface area contributed by atoms with Crippen LogP contribution in [0.4, 0.5) is 0 Å². The van der Waals surface area contributed by atoms with Gasteiger partial charge < -0.3 is 4.57 Å². The zero-order valence-electron chi connectivity index (χ0n) is 15.6. The molecule has 0 N–H and O–H groups in total. The number of hydrogen-bond donors (Lipinski definition) is 0. The van der Waals surface area contributed by atoms with Gasteiger partial charge in [-0.2, -0.15) is 5.26 Å². The molecule has 0 bridgehead atoms. The second kappa shape index (κ2) is 8.25. The molecule has 0 spiro atoms. The molecule has 0 amide bonds. The summed E-state index contributed by atoms with van der Waals surface area (Å²) in [5.41, 5.74) is 4.74. The smallest absolute Gasteiger partial charge is 0.156 e. The molecule has 2 aromatic heterocycles. The number of thioether (sulfide) groups is 1. The minimum atomic E-state index is 0.510. The maximum Gasteiger partial charge on any atom is 0.156 e. The van der Waals surface area contributed by atoms with Crippen molar-refractivity contribution in [1.29, 1.82) is 5.26 Å². The summed E-state index contributed by atoms with van der Waals surface area (Å²) in [5, 5.41) is 10.7. The van der Waals surface area contributed by atoms with Gasteiger partial charge in [-0.25, -0.2) is 4.98 Å². The molecule has 3 nitrogen and oxygen atoms in total. The molecule has 4 rings (SSSR count). The summed E-state index contributed by atoms with van der Waals surface area (Å²) >= 11 is 15.6. The molecule has 0 aliphatic rings. The van der Waals surface area contributed by atoms with Crippen LogP contribution >= 0.6 is 46.3 Å². The van der Waals surface area contributed by atoms with Crippen molar-refractivity contribution in [2.45, 2.75) is 18.2 Å². The van der Waals surface area contributed by atoms with E-state index in [-0.39, 0.29) is 0 Å². The summed E-state index contributed by atoms with van der Waals surface area (Å²) in [4.78, 5) is 5.19. The summed E-state index contributed by atoms with van der Waals surface area (Å²) in [7, 11) is 0. The number of benzene rings is 2. The normalized spacial score (nSPS) is 11.8. The Morgan fingerprint density at radius 1 is 1.17 bits per heavy atom. The number of aromatic nitrogens is 2. The van der Waals surface area contributed by atoms with E-state index >= 15 is 0 Å². The van der Waals surface area contributed by atoms with Gasteiger partial charge in [0.25, 0.3) is 0 Å². The van der Waals surface area contributed by atoms with Crippen molar-refractivity contribution in [3.05, 3.63) is 80.4 Å². The van der Waals surface area contributed by atoms with Crippen molar-refractivity contribution in [2.24, 2.45) is 0 Å². The third-order valence-electron chi connectivity index (χ3n) is 4.51. The highest BCUT2D eigenvalue weighted by Crippen LogP contribution is 2.36. The first kappa shape index (κ1) is 20.1. The molecule has 2 aromatic carbocycles. The van der Waals surface area contributed by atoms with Gasteiger partial charge in [-0.05, 0) is 67.6 Å². The van der Waals surface area contributed by atoms with Gasteiger partial charge in [-0.1, -0.05) is 41.4 Å². The first-order valence-electron chi connectivity index (χ1n) is 8.76. The Kier molecular flexibility index (Phi) is 5.71. The fraction of sp³-hybridized carbons (Fsp3) is 0.0909. The van der Waals surface area contributed by atoms with Crippen LogP contribution < -0.4 is 0 Å². The van der Waals surface area contributed by atoms with Crippen molar-refractivity contribution in [2.75, 3.05) is 0 Å². The lowest BCUT2D eigenvalue weighted by molar-refractivity contribution is 0.965. The van der Waals surface area contributed by atoms with Crippen LogP contribution in [0.1, 0.15) is 17.0 Å². The Morgan fingerprint density at radius 2 is 1.97 bits per heavy atom. The van der Waals surface area contributed by atoms with Crippen LogP contribution in [-0.4, -0.2) is 9.55 Å². The maximum atomic E-state index is 9.68. The molecule has 0 aliphatic carbocycles. The van der Waals surface area contributed by atoms with Crippen molar-refractivity contribution < 1.29 is 0 Å². The van der Waals surface area contributed by atoms with E-state index in [1.807, 2.05) is 62.4 Å². The molecule has 0 fully saturated rings. The molecule has 2 heterocycles. The molecule has 29 heavy (non-hydrogen) atoms. The number of nitriles is 1. The summed E-state index contributed by atoms with van der Waals surface area (Å²) in [6, 6.07) is 17.9. The average Bonchev–Trinajstić information content (AvgIpc) is 3.23. The van der Waals surface area contributed by atoms with Gasteiger partial charge in [0.1, 0.15) is 6.07 Å². The van der Waals surface area contributed by atoms with E-state index in [1.54, 1.807) is 17.4 Å². The molecular weight excluding hydrogens is 441 g/mol. The molecule has 4 aromatic rings. The Bertz CT molecular complexity index is 1260. The number of nitrogens with zero attached hydrogens (tertiary/aromatic N) is 3. The van der Waals surface area contributed by atoms with Crippen molar-refractivity contribution in [1.82, 2.24) is 9.55 Å². The third-order valence-corrected chi connectivity index (χ3v) is 7.35. The van der Waals surface area contributed by atoms with E-state index in [2.05, 4.69) is 15.6 Å². The maximum absolute atomic E-state index is 9.68. The zero-order valence-corrected chi connectivity index (χ0v) is 18.8. The monoisotopic (exact) mass is 455 g/mol. The number of halogens is 2. The minimum absolute atomic E-state index is 0.510. The van der Waals surface area contributed by atoms with Crippen LogP contribution in [0, 0.1) is 25.2 Å². The van der Waals surface area contributed by atoms with Crippen LogP contribution in [0.15, 0.2) is 57.8 Å². The van der Waals surface area contributed by atoms with Crippen LogP contribution in [0.25, 0.3) is 22.0 Å². The Labute approximate surface area is 187 Å². The predicted octanol–water partition coefficient (Wildman–Crippen LogP) is 7.67. The van der Waals surface area contributed by atoms with Crippen molar-refractivity contribution in [3.8, 4) is 11.8 Å². The van der Waals surface area contributed by atoms with Gasteiger partial charge in [0.15, 0.2) is 4.34 Å². The SMILES string of the molecule is Cc1cc(/C=C(\C#N)Sc2nc3ccccc3s2)c(C)n1-c1cccc(Cl)c1Cl. The van der Waals surface area contributed by atoms with E-state index in [9.17, 15) is 5.26 Å². The van der Waals surface area contributed by atoms with Gasteiger partial charge in [0, 0.05) is 11.4 Å². The molecule has 0 atom stereocenters. The van der Waals surface area contributed by atoms with E-state index in [4.69, 9.17) is 23.2 Å². The molecular formula is C22H15Cl2N3S2. The van der Waals surface area contributed by atoms with Crippen LogP contribution in [0.5, 0.6) is 0 Å². The highest BCUT2D eigenvalue weighted by atomic mass is 35.5. The van der Waals surface area contributed by atoms with E-state index in [0.717, 1.165) is 37.2 Å². The van der Waals surface area contributed by atoms with E-state index in [0.29, 0.717) is 15.0 Å². The molecule has 0 aliphatic heterocycles. The number of fused-ring (bicyclic) bond motifs is 1. The Balaban J connectivity index is 1.71. The van der Waals surface area contributed by atoms with Crippen LogP contribution in [0.3, 0.4) is 0 Å². The quantitative estimate of drug-likeness (QED) is 0.234. The number of aryl methyl sites for hydroxylation is 1. The fourth-order valence-electron chi connectivity index (χ4n) is 3.18. The molecule has 7 heteroatoms. The van der Waals surface area contributed by atoms with Gasteiger partial charge in [0.05, 0.1) is 30.9 Å². The van der Waals surface area contributed by atoms with Crippen molar-refractivity contribution >= 4 is 62.6 Å². The number of rotatable bonds is 4. The van der Waals surface area contributed by atoms with Gasteiger partial charge in [-0.3, -0.25) is 0 Å². The summed E-state index contributed by atoms with van der Waals surface area (Å²) in [6.07, 6.45) is 1.90. The summed E-state index contributed by atoms with van der Waals surface area (Å²) < 4.78 is 4.02. The Hall–Kier alpha value is -2.23. The first-order chi connectivity index (χ1) is 14.0. The lowest BCUT2D eigenvalue weighted by Crippen LogP contribution is -2.00. The molecule has 0 saturated heterocycles. The highest BCUT2D eigenvalue weighted by molar-refractivity contribution is 8.05. The standard InChI is InChI=1S/C22H15Cl2N3S2/c1-13-10-15(14(2)27(13)19-8-5-6-17(23)21(19)24)11-16(12-25)28-22-26-18-7-3-4-9-20(18)29-22/h3-11H,1-2H3/b16-11+. The van der Waals surface area contributed by atoms with Gasteiger partial charge >= 0.3 is 0 Å². The second-order valence-corrected chi connectivity index (χ2v) is 9.51. The number of para-hydroxylation sites is 1. The zero-order chi connectivity index (χ0) is 20.5. The molecule has 144 valence electrons. The van der Waals surface area contributed by atoms with Crippen LogP contribution in [-0.2, 0) is 0 Å². The lowest BCUT2D eigenvalue weighted by atomic mass is 10.2. The first-order valence-corrected chi connectivity index (χ1v) is 11.2. The second-order valence-electron chi connectivity index (χ2n) is 6.40. The number of hydrogen-bond acceptors (Lipinski definition) is 4. The fourth-order valence-corrected chi connectivity index (χ4v) is 5.53. The van der Waals surface area contributed by atoms with Gasteiger partial charge in [0.2, 0.25) is 0 Å². The van der Waals surface area contributed by atoms with Gasteiger partial charge in [-0.15, -0.1) is 11.3 Å². The van der Waals surface area contributed by atoms with Crippen LogP contribution in [0.2, 0.25) is 10.0 Å². The topological polar surface area (TPSA) is 41.6 Å².